The van der Waals surface area contributed by atoms with Crippen molar-refractivity contribution in [2.45, 2.75) is 37.0 Å². The van der Waals surface area contributed by atoms with Crippen LogP contribution in [0.1, 0.15) is 19.6 Å². The third-order valence-electron chi connectivity index (χ3n) is 2.25. The molecule has 1 rings (SSSR count). The highest BCUT2D eigenvalue weighted by molar-refractivity contribution is 8.00. The molecular weight excluding hydrogens is 329 g/mol. The number of halogens is 3. The molecule has 0 aromatic carbocycles. The molecule has 21 heavy (non-hydrogen) atoms. The molecule has 0 atom stereocenters. The van der Waals surface area contributed by atoms with Crippen molar-refractivity contribution in [2.24, 2.45) is 0 Å². The van der Waals surface area contributed by atoms with Crippen molar-refractivity contribution in [3.05, 3.63) is 17.9 Å². The zero-order valence-electron chi connectivity index (χ0n) is 11.5. The fourth-order valence-corrected chi connectivity index (χ4v) is 2.86. The van der Waals surface area contributed by atoms with Gasteiger partial charge in [-0.15, -0.1) is 0 Å². The summed E-state index contributed by atoms with van der Waals surface area (Å²) < 4.78 is 66.5. The first-order valence-corrected chi connectivity index (χ1v) is 8.59. The van der Waals surface area contributed by atoms with Crippen molar-refractivity contribution in [2.75, 3.05) is 12.3 Å². The summed E-state index contributed by atoms with van der Waals surface area (Å²) in [6, 6.07) is 3.00. The number of rotatable bonds is 8. The van der Waals surface area contributed by atoms with Gasteiger partial charge in [-0.1, -0.05) is 13.8 Å². The topological polar surface area (TPSA) is 71.3 Å². The number of furan rings is 1. The highest BCUT2D eigenvalue weighted by Gasteiger charge is 2.28. The molecule has 0 fully saturated rings. The molecular formula is C11H17F3N2O3S2. The van der Waals surface area contributed by atoms with Crippen LogP contribution in [0.2, 0.25) is 0 Å². The molecule has 0 aliphatic heterocycles. The van der Waals surface area contributed by atoms with E-state index in [4.69, 9.17) is 4.42 Å². The Hall–Kier alpha value is -0.710. The summed E-state index contributed by atoms with van der Waals surface area (Å²) >= 11 is -0.282. The minimum absolute atomic E-state index is 0.215. The second-order valence-corrected chi connectivity index (χ2v) is 7.31. The maximum Gasteiger partial charge on any atom is 0.441 e. The summed E-state index contributed by atoms with van der Waals surface area (Å²) in [4.78, 5) is 0. The van der Waals surface area contributed by atoms with E-state index in [2.05, 4.69) is 10.0 Å². The first-order chi connectivity index (χ1) is 9.60. The third kappa shape index (κ3) is 7.21. The van der Waals surface area contributed by atoms with Gasteiger partial charge in [0.05, 0.1) is 6.54 Å². The van der Waals surface area contributed by atoms with E-state index in [1.54, 1.807) is 0 Å². The number of hydrogen-bond acceptors (Lipinski definition) is 5. The van der Waals surface area contributed by atoms with Crippen LogP contribution < -0.4 is 10.0 Å². The van der Waals surface area contributed by atoms with Crippen LogP contribution in [-0.2, 0) is 16.6 Å². The molecule has 0 unspecified atom stereocenters. The van der Waals surface area contributed by atoms with Gasteiger partial charge in [0, 0.05) is 18.3 Å². The molecule has 0 amide bonds. The van der Waals surface area contributed by atoms with Crippen molar-refractivity contribution < 1.29 is 26.0 Å². The van der Waals surface area contributed by atoms with Crippen LogP contribution in [-0.4, -0.2) is 32.3 Å². The van der Waals surface area contributed by atoms with Gasteiger partial charge in [0.1, 0.15) is 5.76 Å². The fraction of sp³-hybridized carbons (Fsp3) is 0.636. The Morgan fingerprint density at radius 1 is 1.33 bits per heavy atom. The van der Waals surface area contributed by atoms with E-state index in [9.17, 15) is 21.6 Å². The predicted molar refractivity (Wildman–Crippen MR) is 74.4 cm³/mol. The lowest BCUT2D eigenvalue weighted by Gasteiger charge is -2.07. The van der Waals surface area contributed by atoms with Gasteiger partial charge in [0.2, 0.25) is 5.09 Å². The Kier molecular flexibility index (Phi) is 6.57. The van der Waals surface area contributed by atoms with Crippen molar-refractivity contribution in [3.8, 4) is 0 Å². The van der Waals surface area contributed by atoms with Gasteiger partial charge >= 0.3 is 5.51 Å². The Bertz CT molecular complexity index is 541. The van der Waals surface area contributed by atoms with E-state index < -0.39 is 21.3 Å². The maximum atomic E-state index is 11.9. The number of nitrogens with one attached hydrogen (secondary N) is 2. The molecule has 10 heteroatoms. The summed E-state index contributed by atoms with van der Waals surface area (Å²) in [5.41, 5.74) is -4.37. The molecule has 0 saturated heterocycles. The molecule has 0 bridgehead atoms. The van der Waals surface area contributed by atoms with Crippen LogP contribution in [0.25, 0.3) is 0 Å². The summed E-state index contributed by atoms with van der Waals surface area (Å²) in [5, 5.41) is 2.75. The Labute approximate surface area is 125 Å². The third-order valence-corrected chi connectivity index (χ3v) is 4.32. The highest BCUT2D eigenvalue weighted by Crippen LogP contribution is 2.29. The minimum Gasteiger partial charge on any atom is -0.447 e. The van der Waals surface area contributed by atoms with Crippen LogP contribution in [0.4, 0.5) is 13.2 Å². The van der Waals surface area contributed by atoms with Crippen LogP contribution >= 0.6 is 11.8 Å². The quantitative estimate of drug-likeness (QED) is 0.707. The number of alkyl halides is 3. The molecule has 0 aliphatic carbocycles. The second-order valence-electron chi connectivity index (χ2n) is 4.45. The van der Waals surface area contributed by atoms with Crippen LogP contribution in [0, 0.1) is 0 Å². The van der Waals surface area contributed by atoms with Gasteiger partial charge < -0.3 is 9.73 Å². The lowest BCUT2D eigenvalue weighted by molar-refractivity contribution is -0.0327. The molecule has 122 valence electrons. The van der Waals surface area contributed by atoms with Crippen LogP contribution in [0.3, 0.4) is 0 Å². The monoisotopic (exact) mass is 346 g/mol. The summed E-state index contributed by atoms with van der Waals surface area (Å²) in [6.45, 7) is 3.91. The Morgan fingerprint density at radius 3 is 2.57 bits per heavy atom. The summed E-state index contributed by atoms with van der Waals surface area (Å²) in [5.74, 6) is 0.0410. The summed E-state index contributed by atoms with van der Waals surface area (Å²) in [6.07, 6.45) is 0. The van der Waals surface area contributed by atoms with Crippen molar-refractivity contribution >= 4 is 21.8 Å². The normalized spacial score (nSPS) is 13.0. The molecule has 5 nitrogen and oxygen atoms in total. The largest absolute Gasteiger partial charge is 0.447 e. The van der Waals surface area contributed by atoms with Gasteiger partial charge in [0.15, 0.2) is 0 Å². The zero-order valence-corrected chi connectivity index (χ0v) is 13.2. The number of sulfonamides is 1. The first-order valence-electron chi connectivity index (χ1n) is 6.12. The molecule has 0 spiro atoms. The van der Waals surface area contributed by atoms with E-state index in [0.29, 0.717) is 12.3 Å². The summed E-state index contributed by atoms with van der Waals surface area (Å²) in [7, 11) is -3.92. The lowest BCUT2D eigenvalue weighted by atomic mass is 10.3. The van der Waals surface area contributed by atoms with E-state index in [1.165, 1.54) is 12.1 Å². The standard InChI is InChI=1S/C11H17F3N2O3S2/c1-8(2)15-7-9-3-4-10(19-9)21(17,18)16-5-6-20-11(12,13)14/h3-4,8,15-16H,5-7H2,1-2H3. The van der Waals surface area contributed by atoms with Crippen molar-refractivity contribution in [1.82, 2.24) is 10.0 Å². The van der Waals surface area contributed by atoms with E-state index >= 15 is 0 Å². The first kappa shape index (κ1) is 18.3. The molecule has 0 radical (unpaired) electrons. The molecule has 1 aromatic rings. The Balaban J connectivity index is 2.51. The van der Waals surface area contributed by atoms with E-state index in [0.717, 1.165) is 0 Å². The number of thioether (sulfide) groups is 1. The average molecular weight is 346 g/mol. The number of hydrogen-bond donors (Lipinski definition) is 2. The van der Waals surface area contributed by atoms with Crippen LogP contribution in [0.5, 0.6) is 0 Å². The van der Waals surface area contributed by atoms with Gasteiger partial charge in [-0.05, 0) is 23.9 Å². The average Bonchev–Trinajstić information content (AvgIpc) is 2.80. The fourth-order valence-electron chi connectivity index (χ4n) is 1.32. The van der Waals surface area contributed by atoms with Gasteiger partial charge in [-0.2, -0.15) is 13.2 Å². The van der Waals surface area contributed by atoms with Crippen molar-refractivity contribution in [1.29, 1.82) is 0 Å². The highest BCUT2D eigenvalue weighted by atomic mass is 32.2. The Morgan fingerprint density at radius 2 is 2.00 bits per heavy atom. The minimum atomic E-state index is -4.37. The molecule has 0 saturated carbocycles. The maximum absolute atomic E-state index is 11.9. The molecule has 1 aromatic heterocycles. The smallest absolute Gasteiger partial charge is 0.441 e. The van der Waals surface area contributed by atoms with Crippen molar-refractivity contribution in [3.63, 3.8) is 0 Å². The molecule has 1 heterocycles. The van der Waals surface area contributed by atoms with E-state index in [1.807, 2.05) is 13.8 Å². The van der Waals surface area contributed by atoms with Gasteiger partial charge in [-0.25, -0.2) is 13.1 Å². The molecule has 0 aliphatic rings. The second kappa shape index (κ2) is 7.52. The lowest BCUT2D eigenvalue weighted by Crippen LogP contribution is -2.26. The SMILES string of the molecule is CC(C)NCc1ccc(S(=O)(=O)NCCSC(F)(F)F)o1. The van der Waals surface area contributed by atoms with Gasteiger partial charge in [0.25, 0.3) is 10.0 Å². The van der Waals surface area contributed by atoms with Gasteiger partial charge in [-0.3, -0.25) is 0 Å². The molecule has 2 N–H and O–H groups in total. The zero-order chi connectivity index (χ0) is 16.1. The predicted octanol–water partition coefficient (Wildman–Crippen LogP) is 2.31. The van der Waals surface area contributed by atoms with Crippen LogP contribution in [0.15, 0.2) is 21.6 Å². The van der Waals surface area contributed by atoms with E-state index in [-0.39, 0.29) is 29.4 Å².